The fourth-order valence-corrected chi connectivity index (χ4v) is 3.07. The van der Waals surface area contributed by atoms with Crippen LogP contribution in [0.5, 0.6) is 0 Å². The van der Waals surface area contributed by atoms with Crippen molar-refractivity contribution >= 4 is 18.0 Å². The summed E-state index contributed by atoms with van der Waals surface area (Å²) in [5, 5.41) is 13.2. The summed E-state index contributed by atoms with van der Waals surface area (Å²) in [7, 11) is 1.44. The van der Waals surface area contributed by atoms with Crippen molar-refractivity contribution < 1.29 is 19.5 Å². The van der Waals surface area contributed by atoms with Gasteiger partial charge in [0.1, 0.15) is 5.54 Å². The van der Waals surface area contributed by atoms with Crippen molar-refractivity contribution in [3.8, 4) is 0 Å². The molecule has 0 aromatic heterocycles. The summed E-state index contributed by atoms with van der Waals surface area (Å²) in [6, 6.07) is -0.516. The van der Waals surface area contributed by atoms with E-state index in [0.717, 1.165) is 5.01 Å². The van der Waals surface area contributed by atoms with E-state index in [1.54, 1.807) is 0 Å². The first-order chi connectivity index (χ1) is 10.4. The molecule has 8 heteroatoms. The van der Waals surface area contributed by atoms with Gasteiger partial charge in [0.15, 0.2) is 0 Å². The van der Waals surface area contributed by atoms with Gasteiger partial charge in [-0.2, -0.15) is 0 Å². The minimum absolute atomic E-state index is 0.0690. The van der Waals surface area contributed by atoms with Crippen molar-refractivity contribution in [2.45, 2.75) is 59.0 Å². The number of amides is 4. The molecule has 1 aliphatic heterocycles. The van der Waals surface area contributed by atoms with E-state index in [1.807, 2.05) is 34.6 Å². The Hall–Kier alpha value is -1.99. The smallest absolute Gasteiger partial charge is 0.408 e. The molecule has 132 valence electrons. The van der Waals surface area contributed by atoms with Crippen LogP contribution in [0.25, 0.3) is 0 Å². The van der Waals surface area contributed by atoms with Crippen LogP contribution in [0.15, 0.2) is 0 Å². The van der Waals surface area contributed by atoms with Crippen molar-refractivity contribution in [1.82, 2.24) is 20.7 Å². The van der Waals surface area contributed by atoms with E-state index in [0.29, 0.717) is 19.4 Å². The molecule has 0 spiro atoms. The van der Waals surface area contributed by atoms with Crippen molar-refractivity contribution in [3.05, 3.63) is 0 Å². The lowest BCUT2D eigenvalue weighted by molar-refractivity contribution is -0.141. The van der Waals surface area contributed by atoms with E-state index in [1.165, 1.54) is 11.9 Å². The van der Waals surface area contributed by atoms with E-state index in [9.17, 15) is 19.5 Å². The monoisotopic (exact) mass is 328 g/mol. The van der Waals surface area contributed by atoms with Crippen LogP contribution >= 0.6 is 0 Å². The highest BCUT2D eigenvalue weighted by Crippen LogP contribution is 2.44. The van der Waals surface area contributed by atoms with E-state index >= 15 is 0 Å². The third-order valence-corrected chi connectivity index (χ3v) is 4.21. The number of carbonyl (C=O) groups excluding carboxylic acids is 2. The zero-order valence-corrected chi connectivity index (χ0v) is 14.8. The minimum atomic E-state index is -1.20. The molecule has 1 heterocycles. The molecule has 8 nitrogen and oxygen atoms in total. The Kier molecular flexibility index (Phi) is 5.50. The Labute approximate surface area is 137 Å². The molecular weight excluding hydrogens is 300 g/mol. The lowest BCUT2D eigenvalue weighted by atomic mass is 9.71. The minimum Gasteiger partial charge on any atom is -0.465 e. The Morgan fingerprint density at radius 1 is 1.26 bits per heavy atom. The number of likely N-dealkylation sites (tertiary alicyclic amines) is 1. The lowest BCUT2D eigenvalue weighted by Gasteiger charge is -2.45. The summed E-state index contributed by atoms with van der Waals surface area (Å²) in [5.41, 5.74) is 0.724. The van der Waals surface area contributed by atoms with Crippen LogP contribution < -0.4 is 10.7 Å². The van der Waals surface area contributed by atoms with Crippen molar-refractivity contribution in [2.75, 3.05) is 13.6 Å². The fourth-order valence-electron chi connectivity index (χ4n) is 3.07. The topological polar surface area (TPSA) is 102 Å². The number of hydrogen-bond acceptors (Lipinski definition) is 3. The van der Waals surface area contributed by atoms with Crippen LogP contribution in [-0.4, -0.2) is 58.2 Å². The molecule has 0 bridgehead atoms. The van der Waals surface area contributed by atoms with Crippen molar-refractivity contribution in [3.63, 3.8) is 0 Å². The van der Waals surface area contributed by atoms with Crippen LogP contribution in [-0.2, 0) is 4.79 Å². The van der Waals surface area contributed by atoms with E-state index in [2.05, 4.69) is 10.7 Å². The summed E-state index contributed by atoms with van der Waals surface area (Å²) in [6.45, 7) is 9.44. The van der Waals surface area contributed by atoms with Gasteiger partial charge in [-0.25, -0.2) is 14.6 Å². The molecule has 0 radical (unpaired) electrons. The standard InChI is InChI=1S/C15H28N4O4/c1-10(2)16-12(21)18(6)17-11(20)15(14(3,4)5)8-7-9-19(15)13(22)23/h10H,7-9H2,1-6H3,(H,16,21)(H,17,20)(H,22,23)/t15-/m0/s1. The predicted molar refractivity (Wildman–Crippen MR) is 85.7 cm³/mol. The van der Waals surface area contributed by atoms with Crippen LogP contribution in [0.4, 0.5) is 9.59 Å². The van der Waals surface area contributed by atoms with Gasteiger partial charge in [0.25, 0.3) is 5.91 Å². The van der Waals surface area contributed by atoms with Gasteiger partial charge in [-0.15, -0.1) is 0 Å². The average molecular weight is 328 g/mol. The molecule has 4 amide bonds. The van der Waals surface area contributed by atoms with Gasteiger partial charge in [-0.3, -0.25) is 15.1 Å². The first-order valence-corrected chi connectivity index (χ1v) is 7.79. The summed E-state index contributed by atoms with van der Waals surface area (Å²) in [6.07, 6.45) is -0.0884. The van der Waals surface area contributed by atoms with Gasteiger partial charge in [0, 0.05) is 19.6 Å². The normalized spacial score (nSPS) is 21.3. The number of carboxylic acid groups (broad SMARTS) is 1. The molecule has 1 aliphatic rings. The highest BCUT2D eigenvalue weighted by Gasteiger charge is 2.57. The Bertz CT molecular complexity index is 486. The van der Waals surface area contributed by atoms with E-state index in [-0.39, 0.29) is 6.04 Å². The van der Waals surface area contributed by atoms with E-state index < -0.39 is 29.0 Å². The highest BCUT2D eigenvalue weighted by molar-refractivity contribution is 5.92. The molecule has 0 unspecified atom stereocenters. The Morgan fingerprint density at radius 2 is 1.83 bits per heavy atom. The highest BCUT2D eigenvalue weighted by atomic mass is 16.4. The fraction of sp³-hybridized carbons (Fsp3) is 0.800. The molecule has 0 saturated carbocycles. The van der Waals surface area contributed by atoms with Crippen molar-refractivity contribution in [2.24, 2.45) is 5.41 Å². The molecule has 1 rings (SSSR count). The maximum Gasteiger partial charge on any atom is 0.408 e. The van der Waals surface area contributed by atoms with Gasteiger partial charge in [0.05, 0.1) is 0 Å². The van der Waals surface area contributed by atoms with Gasteiger partial charge in [0.2, 0.25) is 0 Å². The predicted octanol–water partition coefficient (Wildman–Crippen LogP) is 1.63. The maximum absolute atomic E-state index is 12.9. The van der Waals surface area contributed by atoms with Gasteiger partial charge >= 0.3 is 12.1 Å². The van der Waals surface area contributed by atoms with Crippen molar-refractivity contribution in [1.29, 1.82) is 0 Å². The molecule has 23 heavy (non-hydrogen) atoms. The number of hydrogen-bond donors (Lipinski definition) is 3. The molecule has 0 aliphatic carbocycles. The zero-order chi connectivity index (χ0) is 18.0. The summed E-state index contributed by atoms with van der Waals surface area (Å²) >= 11 is 0. The number of urea groups is 1. The quantitative estimate of drug-likeness (QED) is 0.670. The number of hydrazine groups is 1. The second-order valence-electron chi connectivity index (χ2n) is 7.25. The van der Waals surface area contributed by atoms with E-state index in [4.69, 9.17) is 0 Å². The molecule has 0 aromatic rings. The third-order valence-electron chi connectivity index (χ3n) is 4.21. The largest absolute Gasteiger partial charge is 0.465 e. The summed E-state index contributed by atoms with van der Waals surface area (Å²) < 4.78 is 0. The maximum atomic E-state index is 12.9. The SMILES string of the molecule is CC(C)NC(=O)N(C)NC(=O)[C@]1(C(C)(C)C)CCCN1C(=O)O. The lowest BCUT2D eigenvalue weighted by Crippen LogP contribution is -2.66. The van der Waals surface area contributed by atoms with Crippen LogP contribution in [0.1, 0.15) is 47.5 Å². The first kappa shape index (κ1) is 19.1. The average Bonchev–Trinajstić information content (AvgIpc) is 2.82. The van der Waals surface area contributed by atoms with Gasteiger partial charge < -0.3 is 10.4 Å². The zero-order valence-electron chi connectivity index (χ0n) is 14.8. The number of carbonyl (C=O) groups is 3. The van der Waals surface area contributed by atoms with Gasteiger partial charge in [-0.05, 0) is 32.1 Å². The Morgan fingerprint density at radius 3 is 2.26 bits per heavy atom. The summed E-state index contributed by atoms with van der Waals surface area (Å²) in [4.78, 5) is 37.6. The van der Waals surface area contributed by atoms with Crippen LogP contribution in [0, 0.1) is 5.41 Å². The second kappa shape index (κ2) is 6.64. The number of nitrogens with one attached hydrogen (secondary N) is 2. The van der Waals surface area contributed by atoms with Crippen LogP contribution in [0.2, 0.25) is 0 Å². The second-order valence-corrected chi connectivity index (χ2v) is 7.25. The molecular formula is C15H28N4O4. The summed E-state index contributed by atoms with van der Waals surface area (Å²) in [5.74, 6) is -0.480. The third kappa shape index (κ3) is 3.68. The van der Waals surface area contributed by atoms with Crippen LogP contribution in [0.3, 0.4) is 0 Å². The molecule has 1 saturated heterocycles. The number of nitrogens with zero attached hydrogens (tertiary/aromatic N) is 2. The first-order valence-electron chi connectivity index (χ1n) is 7.79. The molecule has 0 aromatic carbocycles. The number of rotatable bonds is 2. The molecule has 3 N–H and O–H groups in total. The van der Waals surface area contributed by atoms with Gasteiger partial charge in [-0.1, -0.05) is 20.8 Å². The molecule has 1 fully saturated rings. The molecule has 1 atom stereocenters. The Balaban J connectivity index is 3.04.